The molecule has 2 heterocycles. The minimum atomic E-state index is -0.355. The average Bonchev–Trinajstić information content (AvgIpc) is 3.13. The second kappa shape index (κ2) is 8.94. The Morgan fingerprint density at radius 3 is 2.26 bits per heavy atom. The van der Waals surface area contributed by atoms with Crippen LogP contribution in [0.25, 0.3) is 11.0 Å². The van der Waals surface area contributed by atoms with Crippen molar-refractivity contribution in [1.29, 1.82) is 0 Å². The first-order chi connectivity index (χ1) is 17.0. The second-order valence-corrected chi connectivity index (χ2v) is 8.18. The minimum absolute atomic E-state index is 0.0750. The predicted octanol–water partition coefficient (Wildman–Crippen LogP) is 3.06. The van der Waals surface area contributed by atoms with Gasteiger partial charge >= 0.3 is 5.69 Å². The van der Waals surface area contributed by atoms with Crippen molar-refractivity contribution in [3.05, 3.63) is 88.8 Å². The van der Waals surface area contributed by atoms with Crippen LogP contribution < -0.4 is 21.2 Å². The number of carbonyl (C=O) groups excluding carboxylic acids is 3. The van der Waals surface area contributed by atoms with Gasteiger partial charge in [-0.3, -0.25) is 28.4 Å². The van der Waals surface area contributed by atoms with Gasteiger partial charge in [-0.15, -0.1) is 0 Å². The zero-order valence-corrected chi connectivity index (χ0v) is 19.0. The summed E-state index contributed by atoms with van der Waals surface area (Å²) in [6.45, 7) is 2.18. The molecule has 0 fully saturated rings. The van der Waals surface area contributed by atoms with Crippen LogP contribution in [0.4, 0.5) is 17.1 Å². The van der Waals surface area contributed by atoms with Gasteiger partial charge < -0.3 is 10.6 Å². The SMILES string of the molecule is CCn1c(=O)n(CC(=O)Nc2ccc(C(=O)N3CC(=O)Nc4ccccc43)cc2)c2ccccc21. The number of nitrogens with zero attached hydrogens (tertiary/aromatic N) is 3. The Labute approximate surface area is 200 Å². The third kappa shape index (κ3) is 4.08. The van der Waals surface area contributed by atoms with Crippen LogP contribution in [0.2, 0.25) is 0 Å². The maximum Gasteiger partial charge on any atom is 0.329 e. The molecule has 0 atom stereocenters. The largest absolute Gasteiger partial charge is 0.329 e. The van der Waals surface area contributed by atoms with Crippen molar-refractivity contribution in [1.82, 2.24) is 9.13 Å². The van der Waals surface area contributed by atoms with E-state index in [0.29, 0.717) is 34.7 Å². The summed E-state index contributed by atoms with van der Waals surface area (Å²) in [5, 5.41) is 5.54. The number of hydrogen-bond acceptors (Lipinski definition) is 4. The van der Waals surface area contributed by atoms with Crippen LogP contribution in [0.1, 0.15) is 17.3 Å². The quantitative estimate of drug-likeness (QED) is 0.469. The van der Waals surface area contributed by atoms with E-state index in [4.69, 9.17) is 0 Å². The number of fused-ring (bicyclic) bond motifs is 2. The molecule has 3 aromatic carbocycles. The van der Waals surface area contributed by atoms with Crippen LogP contribution in [-0.2, 0) is 22.7 Å². The smallest absolute Gasteiger partial charge is 0.325 e. The first kappa shape index (κ1) is 22.1. The molecule has 0 saturated heterocycles. The lowest BCUT2D eigenvalue weighted by atomic mass is 10.1. The maximum absolute atomic E-state index is 13.1. The molecular weight excluding hydrogens is 446 g/mol. The fraction of sp³-hybridized carbons (Fsp3) is 0.154. The Hall–Kier alpha value is -4.66. The van der Waals surface area contributed by atoms with Crippen molar-refractivity contribution in [2.45, 2.75) is 20.0 Å². The molecule has 2 N–H and O–H groups in total. The highest BCUT2D eigenvalue weighted by molar-refractivity contribution is 6.15. The summed E-state index contributed by atoms with van der Waals surface area (Å²) in [5.74, 6) is -0.934. The normalized spacial score (nSPS) is 12.8. The summed E-state index contributed by atoms with van der Waals surface area (Å²) in [5.41, 5.74) is 3.33. The lowest BCUT2D eigenvalue weighted by molar-refractivity contribution is -0.117. The standard InChI is InChI=1S/C26H23N5O4/c1-2-29-21-9-5-6-10-22(21)31(26(29)35)16-23(32)27-18-13-11-17(12-14-18)25(34)30-15-24(33)28-19-7-3-4-8-20(19)30/h3-14H,2,15-16H2,1H3,(H,27,32)(H,28,33). The minimum Gasteiger partial charge on any atom is -0.325 e. The Kier molecular flexibility index (Phi) is 5.66. The molecule has 5 rings (SSSR count). The van der Waals surface area contributed by atoms with Crippen LogP contribution in [0.3, 0.4) is 0 Å². The number of para-hydroxylation sites is 4. The first-order valence-electron chi connectivity index (χ1n) is 11.2. The first-order valence-corrected chi connectivity index (χ1v) is 11.2. The molecule has 176 valence electrons. The monoisotopic (exact) mass is 469 g/mol. The third-order valence-electron chi connectivity index (χ3n) is 5.97. The van der Waals surface area contributed by atoms with Gasteiger partial charge in [0.2, 0.25) is 11.8 Å². The Bertz CT molecular complexity index is 1520. The Morgan fingerprint density at radius 2 is 1.54 bits per heavy atom. The molecule has 0 spiro atoms. The van der Waals surface area contributed by atoms with E-state index in [1.807, 2.05) is 31.2 Å². The van der Waals surface area contributed by atoms with E-state index in [-0.39, 0.29) is 36.5 Å². The molecule has 9 heteroatoms. The van der Waals surface area contributed by atoms with Crippen molar-refractivity contribution in [3.63, 3.8) is 0 Å². The van der Waals surface area contributed by atoms with Crippen LogP contribution in [0.15, 0.2) is 77.6 Å². The maximum atomic E-state index is 13.1. The highest BCUT2D eigenvalue weighted by Crippen LogP contribution is 2.30. The highest BCUT2D eigenvalue weighted by atomic mass is 16.2. The molecule has 1 aliphatic heterocycles. The van der Waals surface area contributed by atoms with Crippen molar-refractivity contribution in [2.75, 3.05) is 22.1 Å². The number of benzene rings is 3. The predicted molar refractivity (Wildman–Crippen MR) is 134 cm³/mol. The van der Waals surface area contributed by atoms with Gasteiger partial charge in [-0.05, 0) is 55.5 Å². The number of hydrogen-bond donors (Lipinski definition) is 2. The zero-order chi connectivity index (χ0) is 24.5. The van der Waals surface area contributed by atoms with E-state index in [9.17, 15) is 19.2 Å². The summed E-state index contributed by atoms with van der Waals surface area (Å²) < 4.78 is 3.08. The number of nitrogens with one attached hydrogen (secondary N) is 2. The van der Waals surface area contributed by atoms with Gasteiger partial charge in [-0.1, -0.05) is 24.3 Å². The van der Waals surface area contributed by atoms with Gasteiger partial charge in [0, 0.05) is 17.8 Å². The van der Waals surface area contributed by atoms with E-state index in [2.05, 4.69) is 10.6 Å². The van der Waals surface area contributed by atoms with E-state index in [0.717, 1.165) is 5.52 Å². The van der Waals surface area contributed by atoms with Gasteiger partial charge in [-0.25, -0.2) is 4.79 Å². The molecule has 9 nitrogen and oxygen atoms in total. The number of carbonyl (C=O) groups is 3. The van der Waals surface area contributed by atoms with Gasteiger partial charge in [0.25, 0.3) is 5.91 Å². The van der Waals surface area contributed by atoms with Crippen LogP contribution >= 0.6 is 0 Å². The third-order valence-corrected chi connectivity index (χ3v) is 5.97. The second-order valence-electron chi connectivity index (χ2n) is 8.18. The Balaban J connectivity index is 1.32. The van der Waals surface area contributed by atoms with Gasteiger partial charge in [0.05, 0.1) is 22.4 Å². The van der Waals surface area contributed by atoms with Crippen molar-refractivity contribution < 1.29 is 14.4 Å². The summed E-state index contributed by atoms with van der Waals surface area (Å²) in [6, 6.07) is 20.9. The number of anilines is 3. The molecule has 4 aromatic rings. The number of aromatic nitrogens is 2. The van der Waals surface area contributed by atoms with Crippen molar-refractivity contribution in [3.8, 4) is 0 Å². The molecule has 1 aromatic heterocycles. The summed E-state index contributed by atoms with van der Waals surface area (Å²) in [7, 11) is 0. The summed E-state index contributed by atoms with van der Waals surface area (Å²) in [4.78, 5) is 52.0. The number of rotatable bonds is 5. The van der Waals surface area contributed by atoms with Crippen LogP contribution in [0, 0.1) is 0 Å². The molecule has 3 amide bonds. The fourth-order valence-electron chi connectivity index (χ4n) is 4.34. The van der Waals surface area contributed by atoms with Gasteiger partial charge in [-0.2, -0.15) is 0 Å². The molecule has 0 radical (unpaired) electrons. The molecule has 0 aliphatic carbocycles. The molecular formula is C26H23N5O4. The van der Waals surface area contributed by atoms with Crippen LogP contribution in [-0.4, -0.2) is 33.4 Å². The molecule has 0 unspecified atom stereocenters. The van der Waals surface area contributed by atoms with E-state index in [1.54, 1.807) is 53.1 Å². The van der Waals surface area contributed by atoms with E-state index in [1.165, 1.54) is 9.47 Å². The average molecular weight is 470 g/mol. The number of aryl methyl sites for hydroxylation is 1. The number of imidazole rings is 1. The lowest BCUT2D eigenvalue weighted by Crippen LogP contribution is -2.42. The summed E-state index contributed by atoms with van der Waals surface area (Å²) in [6.07, 6.45) is 0. The topological polar surface area (TPSA) is 105 Å². The number of amides is 3. The van der Waals surface area contributed by atoms with E-state index >= 15 is 0 Å². The van der Waals surface area contributed by atoms with E-state index < -0.39 is 0 Å². The van der Waals surface area contributed by atoms with Crippen LogP contribution in [0.5, 0.6) is 0 Å². The summed E-state index contributed by atoms with van der Waals surface area (Å²) >= 11 is 0. The van der Waals surface area contributed by atoms with Gasteiger partial charge in [0.1, 0.15) is 13.1 Å². The molecule has 0 saturated carbocycles. The van der Waals surface area contributed by atoms with Gasteiger partial charge in [0.15, 0.2) is 0 Å². The fourth-order valence-corrected chi connectivity index (χ4v) is 4.34. The van der Waals surface area contributed by atoms with Crippen molar-refractivity contribution >= 4 is 45.8 Å². The molecule has 1 aliphatic rings. The van der Waals surface area contributed by atoms with Crippen molar-refractivity contribution in [2.24, 2.45) is 0 Å². The highest BCUT2D eigenvalue weighted by Gasteiger charge is 2.27. The lowest BCUT2D eigenvalue weighted by Gasteiger charge is -2.29. The molecule has 0 bridgehead atoms. The molecule has 35 heavy (non-hydrogen) atoms. The zero-order valence-electron chi connectivity index (χ0n) is 19.0. The Morgan fingerprint density at radius 1 is 0.886 bits per heavy atom.